The Bertz CT molecular complexity index is 455. The third kappa shape index (κ3) is 4.27. The van der Waals surface area contributed by atoms with Gasteiger partial charge >= 0.3 is 0 Å². The van der Waals surface area contributed by atoms with E-state index in [4.69, 9.17) is 0 Å². The highest BCUT2D eigenvalue weighted by atomic mass is 15.1. The Labute approximate surface area is 118 Å². The fourth-order valence-electron chi connectivity index (χ4n) is 2.21. The summed E-state index contributed by atoms with van der Waals surface area (Å²) in [6.07, 6.45) is 6.37. The Hall–Kier alpha value is -1.50. The van der Waals surface area contributed by atoms with Crippen molar-refractivity contribution >= 4 is 11.3 Å². The monoisotopic (exact) mass is 257 g/mol. The molecule has 0 heterocycles. The second-order valence-electron chi connectivity index (χ2n) is 5.56. The molecule has 0 N–H and O–H groups in total. The molecule has 0 bridgehead atoms. The van der Waals surface area contributed by atoms with Crippen LogP contribution in [0.4, 0.5) is 5.69 Å². The molecule has 1 nitrogen and oxygen atoms in total. The topological polar surface area (TPSA) is 3.24 Å². The molecule has 0 saturated heterocycles. The summed E-state index contributed by atoms with van der Waals surface area (Å²) in [6, 6.07) is 6.68. The van der Waals surface area contributed by atoms with Gasteiger partial charge in [0.1, 0.15) is 0 Å². The van der Waals surface area contributed by atoms with Gasteiger partial charge in [-0.05, 0) is 36.5 Å². The summed E-state index contributed by atoms with van der Waals surface area (Å²) in [7, 11) is 4.21. The number of hydrogen-bond acceptors (Lipinski definition) is 1. The quantitative estimate of drug-likeness (QED) is 0.643. The van der Waals surface area contributed by atoms with Crippen LogP contribution in [0, 0.1) is 12.8 Å². The van der Waals surface area contributed by atoms with Crippen LogP contribution in [-0.4, -0.2) is 14.1 Å². The standard InChI is InChI=1S/C18H27N/c1-7-9-16(12-14(3)8-2)17-11-10-15(4)13-18(17)19(5)6/h7,9-11,13-14H,1,8,12H2,2-6H3/b16-9+. The third-order valence-corrected chi connectivity index (χ3v) is 3.57. The van der Waals surface area contributed by atoms with Crippen LogP contribution in [0.25, 0.3) is 5.57 Å². The van der Waals surface area contributed by atoms with E-state index in [1.165, 1.54) is 28.8 Å². The number of anilines is 1. The van der Waals surface area contributed by atoms with E-state index in [9.17, 15) is 0 Å². The van der Waals surface area contributed by atoms with Crippen molar-refractivity contribution in [1.29, 1.82) is 0 Å². The van der Waals surface area contributed by atoms with E-state index in [0.29, 0.717) is 5.92 Å². The predicted octanol–water partition coefficient (Wildman–Crippen LogP) is 5.07. The van der Waals surface area contributed by atoms with Gasteiger partial charge in [0, 0.05) is 25.3 Å². The lowest BCUT2D eigenvalue weighted by Gasteiger charge is -2.21. The largest absolute Gasteiger partial charge is 0.377 e. The summed E-state index contributed by atoms with van der Waals surface area (Å²) >= 11 is 0. The van der Waals surface area contributed by atoms with Crippen molar-refractivity contribution in [2.45, 2.75) is 33.6 Å². The zero-order valence-electron chi connectivity index (χ0n) is 13.0. The second kappa shape index (κ2) is 7.18. The second-order valence-corrected chi connectivity index (χ2v) is 5.56. The van der Waals surface area contributed by atoms with E-state index in [-0.39, 0.29) is 0 Å². The minimum absolute atomic E-state index is 0.697. The summed E-state index contributed by atoms with van der Waals surface area (Å²) in [6.45, 7) is 10.6. The summed E-state index contributed by atoms with van der Waals surface area (Å²) in [5.74, 6) is 0.697. The first-order valence-corrected chi connectivity index (χ1v) is 7.09. The molecule has 0 aromatic heterocycles. The first-order chi connectivity index (χ1) is 8.99. The van der Waals surface area contributed by atoms with Crippen molar-refractivity contribution in [3.05, 3.63) is 48.1 Å². The Balaban J connectivity index is 3.23. The van der Waals surface area contributed by atoms with Crippen LogP contribution in [0.1, 0.15) is 37.8 Å². The van der Waals surface area contributed by atoms with Gasteiger partial charge < -0.3 is 4.90 Å². The van der Waals surface area contributed by atoms with Crippen LogP contribution in [0.5, 0.6) is 0 Å². The molecule has 104 valence electrons. The molecule has 0 aliphatic carbocycles. The Morgan fingerprint density at radius 3 is 2.58 bits per heavy atom. The van der Waals surface area contributed by atoms with Gasteiger partial charge in [-0.1, -0.05) is 51.1 Å². The van der Waals surface area contributed by atoms with Gasteiger partial charge in [0.05, 0.1) is 0 Å². The molecule has 1 aromatic carbocycles. The molecular formula is C18H27N. The van der Waals surface area contributed by atoms with Crippen LogP contribution in [0.15, 0.2) is 36.9 Å². The van der Waals surface area contributed by atoms with Crippen LogP contribution in [0.2, 0.25) is 0 Å². The van der Waals surface area contributed by atoms with E-state index in [0.717, 1.165) is 6.42 Å². The SMILES string of the molecule is C=C/C=C(\CC(C)CC)c1ccc(C)cc1N(C)C. The lowest BCUT2D eigenvalue weighted by molar-refractivity contribution is 0.579. The van der Waals surface area contributed by atoms with Gasteiger partial charge in [-0.25, -0.2) is 0 Å². The van der Waals surface area contributed by atoms with Crippen molar-refractivity contribution in [2.24, 2.45) is 5.92 Å². The fourth-order valence-corrected chi connectivity index (χ4v) is 2.21. The molecule has 1 atom stereocenters. The zero-order valence-corrected chi connectivity index (χ0v) is 13.0. The Kier molecular flexibility index (Phi) is 5.88. The van der Waals surface area contributed by atoms with E-state index in [2.05, 4.69) is 70.6 Å². The summed E-state index contributed by atoms with van der Waals surface area (Å²) in [5.41, 5.74) is 5.30. The average Bonchev–Trinajstić information content (AvgIpc) is 2.38. The maximum absolute atomic E-state index is 3.86. The summed E-state index contributed by atoms with van der Waals surface area (Å²) in [4.78, 5) is 2.19. The van der Waals surface area contributed by atoms with Gasteiger partial charge in [0.2, 0.25) is 0 Å². The number of allylic oxidation sites excluding steroid dienone is 3. The lowest BCUT2D eigenvalue weighted by Crippen LogP contribution is -2.12. The van der Waals surface area contributed by atoms with Crippen molar-refractivity contribution in [3.8, 4) is 0 Å². The summed E-state index contributed by atoms with van der Waals surface area (Å²) in [5, 5.41) is 0. The highest BCUT2D eigenvalue weighted by molar-refractivity contribution is 5.78. The van der Waals surface area contributed by atoms with Crippen LogP contribution in [-0.2, 0) is 0 Å². The highest BCUT2D eigenvalue weighted by Crippen LogP contribution is 2.32. The number of benzene rings is 1. The van der Waals surface area contributed by atoms with Gasteiger partial charge in [-0.3, -0.25) is 0 Å². The minimum Gasteiger partial charge on any atom is -0.377 e. The Morgan fingerprint density at radius 1 is 1.37 bits per heavy atom. The van der Waals surface area contributed by atoms with Gasteiger partial charge in [-0.15, -0.1) is 0 Å². The molecule has 0 aliphatic heterocycles. The fraction of sp³-hybridized carbons (Fsp3) is 0.444. The molecule has 0 spiro atoms. The minimum atomic E-state index is 0.697. The lowest BCUT2D eigenvalue weighted by atomic mass is 9.91. The number of nitrogens with zero attached hydrogens (tertiary/aromatic N) is 1. The van der Waals surface area contributed by atoms with Gasteiger partial charge in [0.25, 0.3) is 0 Å². The van der Waals surface area contributed by atoms with Crippen molar-refractivity contribution in [2.75, 3.05) is 19.0 Å². The third-order valence-electron chi connectivity index (χ3n) is 3.57. The predicted molar refractivity (Wildman–Crippen MR) is 87.8 cm³/mol. The maximum atomic E-state index is 3.86. The zero-order chi connectivity index (χ0) is 14.4. The maximum Gasteiger partial charge on any atom is 0.0440 e. The van der Waals surface area contributed by atoms with E-state index < -0.39 is 0 Å². The van der Waals surface area contributed by atoms with E-state index in [1.807, 2.05) is 6.08 Å². The smallest absolute Gasteiger partial charge is 0.0440 e. The molecule has 1 aromatic rings. The van der Waals surface area contributed by atoms with E-state index in [1.54, 1.807) is 0 Å². The van der Waals surface area contributed by atoms with E-state index >= 15 is 0 Å². The number of rotatable bonds is 6. The van der Waals surface area contributed by atoms with Gasteiger partial charge in [-0.2, -0.15) is 0 Å². The van der Waals surface area contributed by atoms with Crippen molar-refractivity contribution in [1.82, 2.24) is 0 Å². The van der Waals surface area contributed by atoms with Crippen LogP contribution < -0.4 is 4.90 Å². The molecule has 0 saturated carbocycles. The highest BCUT2D eigenvalue weighted by Gasteiger charge is 2.11. The van der Waals surface area contributed by atoms with Gasteiger partial charge in [0.15, 0.2) is 0 Å². The van der Waals surface area contributed by atoms with Crippen LogP contribution in [0.3, 0.4) is 0 Å². The summed E-state index contributed by atoms with van der Waals surface area (Å²) < 4.78 is 0. The molecule has 1 heteroatoms. The molecule has 0 fully saturated rings. The number of hydrogen-bond donors (Lipinski definition) is 0. The average molecular weight is 257 g/mol. The molecule has 1 rings (SSSR count). The number of aryl methyl sites for hydroxylation is 1. The van der Waals surface area contributed by atoms with Crippen LogP contribution >= 0.6 is 0 Å². The van der Waals surface area contributed by atoms with Crippen molar-refractivity contribution < 1.29 is 0 Å². The Morgan fingerprint density at radius 2 is 2.05 bits per heavy atom. The molecule has 0 aliphatic rings. The van der Waals surface area contributed by atoms with Crippen molar-refractivity contribution in [3.63, 3.8) is 0 Å². The molecule has 0 radical (unpaired) electrons. The molecular weight excluding hydrogens is 230 g/mol. The molecule has 1 unspecified atom stereocenters. The first kappa shape index (κ1) is 15.6. The molecule has 19 heavy (non-hydrogen) atoms. The normalized spacial score (nSPS) is 13.2. The molecule has 0 amide bonds. The first-order valence-electron chi connectivity index (χ1n) is 7.09.